The minimum Gasteiger partial charge on any atom is -0.330 e. The summed E-state index contributed by atoms with van der Waals surface area (Å²) in [6.07, 6.45) is 3.81. The molecule has 1 saturated heterocycles. The Bertz CT molecular complexity index is 557. The lowest BCUT2D eigenvalue weighted by Crippen LogP contribution is -2.37. The van der Waals surface area contributed by atoms with E-state index in [4.69, 9.17) is 5.73 Å². The monoisotopic (exact) mass is 315 g/mol. The van der Waals surface area contributed by atoms with Crippen molar-refractivity contribution in [1.29, 1.82) is 0 Å². The maximum absolute atomic E-state index is 12.6. The van der Waals surface area contributed by atoms with E-state index in [0.717, 1.165) is 26.1 Å². The van der Waals surface area contributed by atoms with Crippen LogP contribution < -0.4 is 5.73 Å². The summed E-state index contributed by atoms with van der Waals surface area (Å²) in [6.45, 7) is 6.47. The highest BCUT2D eigenvalue weighted by atomic mass is 32.2. The Morgan fingerprint density at radius 2 is 2.10 bits per heavy atom. The molecule has 0 bridgehead atoms. The molecule has 21 heavy (non-hydrogen) atoms. The number of aryl methyl sites for hydroxylation is 1. The third-order valence-corrected chi connectivity index (χ3v) is 5.69. The Kier molecular flexibility index (Phi) is 5.37. The van der Waals surface area contributed by atoms with Gasteiger partial charge in [-0.3, -0.25) is 4.68 Å². The SMILES string of the molecule is CC(CN)CN1CCCN(S(=O)(=O)c2cnn(C)c2)CC1. The van der Waals surface area contributed by atoms with E-state index < -0.39 is 10.0 Å². The summed E-state index contributed by atoms with van der Waals surface area (Å²) >= 11 is 0. The van der Waals surface area contributed by atoms with Crippen molar-refractivity contribution in [2.75, 3.05) is 39.3 Å². The first kappa shape index (κ1) is 16.4. The maximum Gasteiger partial charge on any atom is 0.246 e. The van der Waals surface area contributed by atoms with E-state index in [2.05, 4.69) is 16.9 Å². The largest absolute Gasteiger partial charge is 0.330 e. The van der Waals surface area contributed by atoms with Crippen molar-refractivity contribution in [2.24, 2.45) is 18.7 Å². The van der Waals surface area contributed by atoms with Crippen LogP contribution in [-0.2, 0) is 17.1 Å². The Morgan fingerprint density at radius 1 is 1.33 bits per heavy atom. The molecule has 0 saturated carbocycles. The third-order valence-electron chi connectivity index (χ3n) is 3.84. The zero-order valence-corrected chi connectivity index (χ0v) is 13.6. The molecule has 0 aliphatic carbocycles. The van der Waals surface area contributed by atoms with Crippen LogP contribution in [0.1, 0.15) is 13.3 Å². The lowest BCUT2D eigenvalue weighted by Gasteiger charge is -2.23. The second kappa shape index (κ2) is 6.87. The standard InChI is InChI=1S/C13H25N5O2S/c1-12(8-14)10-17-4-3-5-18(7-6-17)21(19,20)13-9-15-16(2)11-13/h9,11-12H,3-8,10,14H2,1-2H3. The predicted molar refractivity (Wildman–Crippen MR) is 81.2 cm³/mol. The van der Waals surface area contributed by atoms with Crippen LogP contribution in [-0.4, -0.2) is 66.7 Å². The van der Waals surface area contributed by atoms with Gasteiger partial charge in [0, 0.05) is 39.4 Å². The van der Waals surface area contributed by atoms with Gasteiger partial charge in [-0.15, -0.1) is 0 Å². The van der Waals surface area contributed by atoms with Crippen molar-refractivity contribution in [3.05, 3.63) is 12.4 Å². The number of rotatable bonds is 5. The molecule has 1 unspecified atom stereocenters. The highest BCUT2D eigenvalue weighted by molar-refractivity contribution is 7.89. The summed E-state index contributed by atoms with van der Waals surface area (Å²) in [4.78, 5) is 2.57. The van der Waals surface area contributed by atoms with Gasteiger partial charge >= 0.3 is 0 Å². The maximum atomic E-state index is 12.6. The molecule has 0 aromatic carbocycles. The fourth-order valence-electron chi connectivity index (χ4n) is 2.57. The van der Waals surface area contributed by atoms with E-state index in [1.165, 1.54) is 10.9 Å². The molecule has 2 heterocycles. The van der Waals surface area contributed by atoms with Gasteiger partial charge in [0.25, 0.3) is 0 Å². The van der Waals surface area contributed by atoms with Gasteiger partial charge in [-0.1, -0.05) is 6.92 Å². The average Bonchev–Trinajstić information content (AvgIpc) is 2.75. The highest BCUT2D eigenvalue weighted by Crippen LogP contribution is 2.17. The molecule has 0 amide bonds. The number of nitrogens with two attached hydrogens (primary N) is 1. The second-order valence-electron chi connectivity index (χ2n) is 5.75. The van der Waals surface area contributed by atoms with Gasteiger partial charge in [-0.25, -0.2) is 8.42 Å². The van der Waals surface area contributed by atoms with Crippen molar-refractivity contribution in [3.63, 3.8) is 0 Å². The van der Waals surface area contributed by atoms with Crippen LogP contribution >= 0.6 is 0 Å². The van der Waals surface area contributed by atoms with Gasteiger partial charge in [-0.05, 0) is 25.4 Å². The Morgan fingerprint density at radius 3 is 2.71 bits per heavy atom. The number of sulfonamides is 1. The second-order valence-corrected chi connectivity index (χ2v) is 7.69. The number of hydrogen-bond donors (Lipinski definition) is 1. The molecule has 1 atom stereocenters. The predicted octanol–water partition coefficient (Wildman–Crippen LogP) is -0.289. The molecule has 7 nitrogen and oxygen atoms in total. The minimum atomic E-state index is -3.42. The smallest absolute Gasteiger partial charge is 0.246 e. The Balaban J connectivity index is 2.02. The van der Waals surface area contributed by atoms with Gasteiger partial charge in [0.1, 0.15) is 4.90 Å². The molecule has 0 radical (unpaired) electrons. The Labute approximate surface area is 126 Å². The van der Waals surface area contributed by atoms with Crippen LogP contribution in [0.5, 0.6) is 0 Å². The van der Waals surface area contributed by atoms with Crippen LogP contribution in [0.4, 0.5) is 0 Å². The summed E-state index contributed by atoms with van der Waals surface area (Å²) in [6, 6.07) is 0. The summed E-state index contributed by atoms with van der Waals surface area (Å²) in [7, 11) is -1.70. The van der Waals surface area contributed by atoms with E-state index in [-0.39, 0.29) is 4.90 Å². The van der Waals surface area contributed by atoms with E-state index in [1.54, 1.807) is 17.5 Å². The molecule has 8 heteroatoms. The first-order valence-corrected chi connectivity index (χ1v) is 8.78. The molecule has 2 N–H and O–H groups in total. The zero-order chi connectivity index (χ0) is 15.5. The molecule has 1 aromatic heterocycles. The van der Waals surface area contributed by atoms with Crippen LogP contribution in [0.25, 0.3) is 0 Å². The quantitative estimate of drug-likeness (QED) is 0.807. The first-order chi connectivity index (χ1) is 9.93. The lowest BCUT2D eigenvalue weighted by molar-refractivity contribution is 0.250. The average molecular weight is 315 g/mol. The van der Waals surface area contributed by atoms with Gasteiger partial charge in [-0.2, -0.15) is 9.40 Å². The van der Waals surface area contributed by atoms with Gasteiger partial charge in [0.15, 0.2) is 0 Å². The Hall–Kier alpha value is -0.960. The van der Waals surface area contributed by atoms with Crippen molar-refractivity contribution in [2.45, 2.75) is 18.2 Å². The zero-order valence-electron chi connectivity index (χ0n) is 12.8. The van der Waals surface area contributed by atoms with Gasteiger partial charge in [0.2, 0.25) is 10.0 Å². The molecule has 1 aliphatic heterocycles. The van der Waals surface area contributed by atoms with E-state index in [0.29, 0.717) is 25.6 Å². The van der Waals surface area contributed by atoms with Crippen molar-refractivity contribution in [1.82, 2.24) is 19.0 Å². The summed E-state index contributed by atoms with van der Waals surface area (Å²) < 4.78 is 28.2. The minimum absolute atomic E-state index is 0.272. The highest BCUT2D eigenvalue weighted by Gasteiger charge is 2.28. The van der Waals surface area contributed by atoms with E-state index in [9.17, 15) is 8.42 Å². The molecule has 1 aromatic rings. The summed E-state index contributed by atoms with van der Waals surface area (Å²) in [5, 5.41) is 3.95. The normalized spacial score (nSPS) is 20.3. The van der Waals surface area contributed by atoms with Crippen molar-refractivity contribution in [3.8, 4) is 0 Å². The van der Waals surface area contributed by atoms with Crippen LogP contribution in [0.15, 0.2) is 17.3 Å². The summed E-state index contributed by atoms with van der Waals surface area (Å²) in [5.41, 5.74) is 5.66. The molecule has 2 rings (SSSR count). The number of aromatic nitrogens is 2. The van der Waals surface area contributed by atoms with Crippen LogP contribution in [0.2, 0.25) is 0 Å². The van der Waals surface area contributed by atoms with Crippen molar-refractivity contribution >= 4 is 10.0 Å². The molecule has 120 valence electrons. The summed E-state index contributed by atoms with van der Waals surface area (Å²) in [5.74, 6) is 0.437. The lowest BCUT2D eigenvalue weighted by atomic mass is 10.1. The number of hydrogen-bond acceptors (Lipinski definition) is 5. The van der Waals surface area contributed by atoms with E-state index in [1.807, 2.05) is 0 Å². The fraction of sp³-hybridized carbons (Fsp3) is 0.769. The van der Waals surface area contributed by atoms with Gasteiger partial charge in [0.05, 0.1) is 6.20 Å². The molecule has 1 aliphatic rings. The number of nitrogens with zero attached hydrogens (tertiary/aromatic N) is 4. The molecular weight excluding hydrogens is 290 g/mol. The first-order valence-electron chi connectivity index (χ1n) is 7.34. The van der Waals surface area contributed by atoms with E-state index >= 15 is 0 Å². The third kappa shape index (κ3) is 4.03. The van der Waals surface area contributed by atoms with Crippen LogP contribution in [0, 0.1) is 5.92 Å². The van der Waals surface area contributed by atoms with Crippen molar-refractivity contribution < 1.29 is 8.42 Å². The van der Waals surface area contributed by atoms with Gasteiger partial charge < -0.3 is 10.6 Å². The fourth-order valence-corrected chi connectivity index (χ4v) is 4.02. The molecule has 1 fully saturated rings. The topological polar surface area (TPSA) is 84.5 Å². The molecular formula is C13H25N5O2S. The van der Waals surface area contributed by atoms with Crippen LogP contribution in [0.3, 0.4) is 0 Å². The molecule has 0 spiro atoms.